The normalized spacial score (nSPS) is 11.4. The number of pyridine rings is 1. The van der Waals surface area contributed by atoms with Gasteiger partial charge in [-0.1, -0.05) is 0 Å². The fourth-order valence-corrected chi connectivity index (χ4v) is 1.11. The molecule has 90 valence electrons. The molecule has 0 N–H and O–H groups in total. The molecule has 8 heteroatoms. The number of nitrogens with zero attached hydrogens (tertiary/aromatic N) is 2. The maximum Gasteiger partial charge on any atom is 0.434 e. The highest BCUT2D eigenvalue weighted by Crippen LogP contribution is 2.33. The molecule has 0 saturated heterocycles. The highest BCUT2D eigenvalue weighted by Gasteiger charge is 2.38. The fraction of sp³-hybridized carbons (Fsp3) is 0.222. The van der Waals surface area contributed by atoms with Gasteiger partial charge in [-0.05, 0) is 6.07 Å². The molecule has 1 aromatic heterocycles. The van der Waals surface area contributed by atoms with E-state index in [4.69, 9.17) is 5.26 Å². The van der Waals surface area contributed by atoms with Crippen LogP contribution in [0.4, 0.5) is 22.0 Å². The zero-order valence-corrected chi connectivity index (χ0v) is 7.92. The second kappa shape index (κ2) is 4.45. The number of aldehydes is 1. The zero-order valence-electron chi connectivity index (χ0n) is 7.92. The van der Waals surface area contributed by atoms with E-state index in [-0.39, 0.29) is 6.29 Å². The summed E-state index contributed by atoms with van der Waals surface area (Å²) in [5.41, 5.74) is -4.79. The predicted octanol–water partition coefficient (Wildman–Crippen LogP) is 2.72. The van der Waals surface area contributed by atoms with Gasteiger partial charge in [-0.2, -0.15) is 18.4 Å². The van der Waals surface area contributed by atoms with Crippen molar-refractivity contribution in [2.75, 3.05) is 0 Å². The van der Waals surface area contributed by atoms with E-state index in [2.05, 4.69) is 4.98 Å². The molecule has 3 nitrogen and oxygen atoms in total. The van der Waals surface area contributed by atoms with Crippen molar-refractivity contribution in [3.63, 3.8) is 0 Å². The van der Waals surface area contributed by atoms with Crippen LogP contribution in [0.15, 0.2) is 6.07 Å². The standard InChI is InChI=1S/C9H3F5N2O/c10-8(11)6-1-4(3-17)5(2-15)7(16-6)9(12,13)14/h1,3,8H. The van der Waals surface area contributed by atoms with Crippen molar-refractivity contribution in [1.29, 1.82) is 5.26 Å². The van der Waals surface area contributed by atoms with Gasteiger partial charge in [-0.25, -0.2) is 13.8 Å². The molecule has 0 fully saturated rings. The van der Waals surface area contributed by atoms with Gasteiger partial charge in [-0.15, -0.1) is 0 Å². The van der Waals surface area contributed by atoms with E-state index < -0.39 is 35.1 Å². The minimum Gasteiger partial charge on any atom is -0.298 e. The Morgan fingerprint density at radius 2 is 2.00 bits per heavy atom. The van der Waals surface area contributed by atoms with Crippen molar-refractivity contribution >= 4 is 6.29 Å². The molecule has 0 unspecified atom stereocenters. The molecule has 0 saturated carbocycles. The summed E-state index contributed by atoms with van der Waals surface area (Å²) in [5.74, 6) is 0. The summed E-state index contributed by atoms with van der Waals surface area (Å²) >= 11 is 0. The van der Waals surface area contributed by atoms with Crippen LogP contribution in [0, 0.1) is 11.3 Å². The number of alkyl halides is 5. The van der Waals surface area contributed by atoms with Crippen molar-refractivity contribution in [1.82, 2.24) is 4.98 Å². The number of hydrogen-bond acceptors (Lipinski definition) is 3. The van der Waals surface area contributed by atoms with Gasteiger partial charge in [0.05, 0.1) is 5.56 Å². The number of hydrogen-bond donors (Lipinski definition) is 0. The molecule has 0 aromatic carbocycles. The lowest BCUT2D eigenvalue weighted by atomic mass is 10.1. The van der Waals surface area contributed by atoms with Gasteiger partial charge in [0.1, 0.15) is 11.8 Å². The lowest BCUT2D eigenvalue weighted by molar-refractivity contribution is -0.141. The molecule has 0 atom stereocenters. The zero-order chi connectivity index (χ0) is 13.2. The van der Waals surface area contributed by atoms with E-state index in [1.165, 1.54) is 0 Å². The second-order valence-electron chi connectivity index (χ2n) is 2.89. The lowest BCUT2D eigenvalue weighted by Crippen LogP contribution is -2.14. The van der Waals surface area contributed by atoms with Crippen LogP contribution in [0.25, 0.3) is 0 Å². The molecule has 0 radical (unpaired) electrons. The molecular weight excluding hydrogens is 247 g/mol. The smallest absolute Gasteiger partial charge is 0.298 e. The Bertz CT molecular complexity index is 489. The van der Waals surface area contributed by atoms with Crippen LogP contribution in [0.1, 0.15) is 33.7 Å². The number of carbonyl (C=O) groups excluding carboxylic acids is 1. The molecule has 1 heterocycles. The van der Waals surface area contributed by atoms with Gasteiger partial charge in [0, 0.05) is 5.56 Å². The van der Waals surface area contributed by atoms with Crippen molar-refractivity contribution in [3.8, 4) is 6.07 Å². The summed E-state index contributed by atoms with van der Waals surface area (Å²) in [6.45, 7) is 0. The SMILES string of the molecule is N#Cc1c(C=O)cc(C(F)F)nc1C(F)(F)F. The van der Waals surface area contributed by atoms with Crippen LogP contribution in [0.5, 0.6) is 0 Å². The van der Waals surface area contributed by atoms with E-state index in [1.54, 1.807) is 0 Å². The molecule has 1 rings (SSSR count). The molecule has 0 bridgehead atoms. The van der Waals surface area contributed by atoms with Crippen LogP contribution < -0.4 is 0 Å². The van der Waals surface area contributed by atoms with Crippen LogP contribution in [-0.2, 0) is 6.18 Å². The average molecular weight is 250 g/mol. The number of rotatable bonds is 2. The minimum absolute atomic E-state index is 0.0959. The highest BCUT2D eigenvalue weighted by atomic mass is 19.4. The number of nitriles is 1. The van der Waals surface area contributed by atoms with E-state index >= 15 is 0 Å². The van der Waals surface area contributed by atoms with Gasteiger partial charge in [-0.3, -0.25) is 4.79 Å². The molecular formula is C9H3F5N2O. The summed E-state index contributed by atoms with van der Waals surface area (Å²) in [7, 11) is 0. The maximum absolute atomic E-state index is 12.4. The molecule has 17 heavy (non-hydrogen) atoms. The first-order valence-electron chi connectivity index (χ1n) is 4.06. The van der Waals surface area contributed by atoms with E-state index in [9.17, 15) is 26.7 Å². The second-order valence-corrected chi connectivity index (χ2v) is 2.89. The van der Waals surface area contributed by atoms with Crippen LogP contribution in [0.2, 0.25) is 0 Å². The van der Waals surface area contributed by atoms with Gasteiger partial charge < -0.3 is 0 Å². The van der Waals surface area contributed by atoms with Crippen molar-refractivity contribution in [3.05, 3.63) is 28.6 Å². The van der Waals surface area contributed by atoms with E-state index in [0.29, 0.717) is 6.07 Å². The minimum atomic E-state index is -5.08. The third-order valence-electron chi connectivity index (χ3n) is 1.80. The molecule has 0 aliphatic carbocycles. The first kappa shape index (κ1) is 13.0. The monoisotopic (exact) mass is 250 g/mol. The van der Waals surface area contributed by atoms with E-state index in [0.717, 1.165) is 6.07 Å². The number of aromatic nitrogens is 1. The average Bonchev–Trinajstić information content (AvgIpc) is 2.25. The molecule has 1 aromatic rings. The quantitative estimate of drug-likeness (QED) is 0.599. The first-order valence-corrected chi connectivity index (χ1v) is 4.06. The Hall–Kier alpha value is -2.04. The Kier molecular flexibility index (Phi) is 3.41. The van der Waals surface area contributed by atoms with E-state index in [1.807, 2.05) is 0 Å². The van der Waals surface area contributed by atoms with Crippen LogP contribution >= 0.6 is 0 Å². The van der Waals surface area contributed by atoms with Crippen molar-refractivity contribution in [2.24, 2.45) is 0 Å². The third-order valence-corrected chi connectivity index (χ3v) is 1.80. The summed E-state index contributed by atoms with van der Waals surface area (Å²) in [6, 6.07) is 1.59. The lowest BCUT2D eigenvalue weighted by Gasteiger charge is -2.11. The Morgan fingerprint density at radius 1 is 1.41 bits per heavy atom. The van der Waals surface area contributed by atoms with Crippen molar-refractivity contribution in [2.45, 2.75) is 12.6 Å². The van der Waals surface area contributed by atoms with Gasteiger partial charge in [0.25, 0.3) is 6.43 Å². The summed E-state index contributed by atoms with van der Waals surface area (Å²) < 4.78 is 61.8. The van der Waals surface area contributed by atoms with Crippen molar-refractivity contribution < 1.29 is 26.7 Å². The molecule has 0 amide bonds. The predicted molar refractivity (Wildman–Crippen MR) is 44.3 cm³/mol. The highest BCUT2D eigenvalue weighted by molar-refractivity contribution is 5.80. The summed E-state index contributed by atoms with van der Waals surface area (Å²) in [6.07, 6.45) is -8.43. The Labute approximate surface area is 91.5 Å². The summed E-state index contributed by atoms with van der Waals surface area (Å²) in [4.78, 5) is 13.1. The first-order chi connectivity index (χ1) is 7.81. The topological polar surface area (TPSA) is 53.8 Å². The fourth-order valence-electron chi connectivity index (χ4n) is 1.11. The Morgan fingerprint density at radius 3 is 2.35 bits per heavy atom. The van der Waals surface area contributed by atoms with Gasteiger partial charge in [0.15, 0.2) is 12.0 Å². The van der Waals surface area contributed by atoms with Gasteiger partial charge in [0.2, 0.25) is 0 Å². The number of carbonyl (C=O) groups is 1. The maximum atomic E-state index is 12.4. The summed E-state index contributed by atoms with van der Waals surface area (Å²) in [5, 5.41) is 8.49. The van der Waals surface area contributed by atoms with Gasteiger partial charge >= 0.3 is 6.18 Å². The largest absolute Gasteiger partial charge is 0.434 e. The molecule has 0 aliphatic rings. The third kappa shape index (κ3) is 2.55. The van der Waals surface area contributed by atoms with Crippen LogP contribution in [-0.4, -0.2) is 11.3 Å². The van der Waals surface area contributed by atoms with Crippen LogP contribution in [0.3, 0.4) is 0 Å². The Balaban J connectivity index is 3.61. The molecule has 0 aliphatic heterocycles. The molecule has 0 spiro atoms. The number of halogens is 5.